The fourth-order valence-corrected chi connectivity index (χ4v) is 4.36. The zero-order chi connectivity index (χ0) is 18.6. The first-order valence-electron chi connectivity index (χ1n) is 9.82. The molecule has 5 nitrogen and oxygen atoms in total. The van der Waals surface area contributed by atoms with Gasteiger partial charge in [-0.15, -0.1) is 0 Å². The van der Waals surface area contributed by atoms with Crippen molar-refractivity contribution in [3.63, 3.8) is 0 Å². The summed E-state index contributed by atoms with van der Waals surface area (Å²) in [5, 5.41) is 0. The number of hydrogen-bond donors (Lipinski definition) is 2. The number of carbonyl (C=O) groups is 1. The minimum absolute atomic E-state index is 0.151. The second-order valence-corrected chi connectivity index (χ2v) is 7.69. The molecule has 0 radical (unpaired) electrons. The van der Waals surface area contributed by atoms with E-state index in [1.54, 1.807) is 0 Å². The standard InChI is InChI=1S/C21H26N4OS/c26-20(24-12-7-2-1-3-8-13-24)19(16-9-5-4-6-10-16)25-14-11-18-17(21(25)27)15-22-23-18/h4-6,9-11,14,19,22-23H,1-3,7-8,12-13,15H2. The van der Waals surface area contributed by atoms with Gasteiger partial charge in [0, 0.05) is 31.4 Å². The van der Waals surface area contributed by atoms with Gasteiger partial charge in [-0.05, 0) is 24.5 Å². The fraction of sp³-hybridized carbons (Fsp3) is 0.429. The average Bonchev–Trinajstić information content (AvgIpc) is 3.14. The summed E-state index contributed by atoms with van der Waals surface area (Å²) in [6.45, 7) is 2.35. The van der Waals surface area contributed by atoms with Gasteiger partial charge in [-0.3, -0.25) is 4.79 Å². The lowest BCUT2D eigenvalue weighted by Gasteiger charge is -2.30. The van der Waals surface area contributed by atoms with Gasteiger partial charge in [0.1, 0.15) is 10.7 Å². The number of pyridine rings is 1. The molecule has 1 unspecified atom stereocenters. The van der Waals surface area contributed by atoms with Crippen molar-refractivity contribution in [3.05, 3.63) is 58.4 Å². The van der Waals surface area contributed by atoms with Crippen molar-refractivity contribution >= 4 is 23.8 Å². The van der Waals surface area contributed by atoms with Gasteiger partial charge >= 0.3 is 0 Å². The van der Waals surface area contributed by atoms with Crippen molar-refractivity contribution in [2.45, 2.75) is 44.7 Å². The number of rotatable bonds is 3. The quantitative estimate of drug-likeness (QED) is 0.787. The summed E-state index contributed by atoms with van der Waals surface area (Å²) < 4.78 is 2.69. The molecule has 0 bridgehead atoms. The van der Waals surface area contributed by atoms with Crippen molar-refractivity contribution in [1.82, 2.24) is 14.9 Å². The number of hydrazine groups is 1. The molecule has 1 aromatic carbocycles. The monoisotopic (exact) mass is 382 g/mol. The predicted molar refractivity (Wildman–Crippen MR) is 110 cm³/mol. The van der Waals surface area contributed by atoms with Crippen LogP contribution in [-0.4, -0.2) is 28.5 Å². The Balaban J connectivity index is 1.74. The molecule has 3 heterocycles. The van der Waals surface area contributed by atoms with Crippen molar-refractivity contribution in [2.75, 3.05) is 18.5 Å². The van der Waals surface area contributed by atoms with Crippen molar-refractivity contribution < 1.29 is 4.79 Å². The maximum absolute atomic E-state index is 13.6. The summed E-state index contributed by atoms with van der Waals surface area (Å²) in [4.78, 5) is 15.7. The second-order valence-electron chi connectivity index (χ2n) is 7.31. The Labute approximate surface area is 165 Å². The van der Waals surface area contributed by atoms with Gasteiger partial charge in [0.25, 0.3) is 0 Å². The molecule has 27 heavy (non-hydrogen) atoms. The van der Waals surface area contributed by atoms with Gasteiger partial charge in [0.2, 0.25) is 5.91 Å². The lowest BCUT2D eigenvalue weighted by molar-refractivity contribution is -0.134. The topological polar surface area (TPSA) is 49.3 Å². The largest absolute Gasteiger partial charge is 0.341 e. The van der Waals surface area contributed by atoms with Crippen LogP contribution < -0.4 is 10.9 Å². The van der Waals surface area contributed by atoms with E-state index >= 15 is 0 Å². The molecule has 0 saturated carbocycles. The van der Waals surface area contributed by atoms with E-state index in [0.29, 0.717) is 6.54 Å². The molecule has 1 saturated heterocycles. The summed E-state index contributed by atoms with van der Waals surface area (Å²) in [6, 6.07) is 11.6. The van der Waals surface area contributed by atoms with Gasteiger partial charge in [-0.25, -0.2) is 5.43 Å². The Kier molecular flexibility index (Phi) is 5.55. The predicted octanol–water partition coefficient (Wildman–Crippen LogP) is 4.03. The molecule has 2 aliphatic heterocycles. The number of nitrogens with one attached hydrogen (secondary N) is 2. The molecule has 1 amide bonds. The van der Waals surface area contributed by atoms with Crippen LogP contribution in [0.25, 0.3) is 0 Å². The van der Waals surface area contributed by atoms with E-state index in [1.807, 2.05) is 52.1 Å². The van der Waals surface area contributed by atoms with Gasteiger partial charge in [0.05, 0.1) is 5.69 Å². The lowest BCUT2D eigenvalue weighted by atomic mass is 10.0. The van der Waals surface area contributed by atoms with Crippen LogP contribution in [0.5, 0.6) is 0 Å². The van der Waals surface area contributed by atoms with Crippen LogP contribution in [0, 0.1) is 4.64 Å². The first-order valence-corrected chi connectivity index (χ1v) is 10.2. The number of carbonyl (C=O) groups excluding carboxylic acids is 1. The first kappa shape index (κ1) is 18.2. The van der Waals surface area contributed by atoms with E-state index in [-0.39, 0.29) is 5.91 Å². The summed E-state index contributed by atoms with van der Waals surface area (Å²) in [5.74, 6) is 0.151. The highest BCUT2D eigenvalue weighted by Crippen LogP contribution is 2.28. The van der Waals surface area contributed by atoms with E-state index in [1.165, 1.54) is 19.3 Å². The maximum Gasteiger partial charge on any atom is 0.250 e. The first-order chi connectivity index (χ1) is 13.3. The lowest BCUT2D eigenvalue weighted by Crippen LogP contribution is -2.40. The Bertz CT molecular complexity index is 856. The van der Waals surface area contributed by atoms with Crippen molar-refractivity contribution in [2.24, 2.45) is 0 Å². The van der Waals surface area contributed by atoms with E-state index in [0.717, 1.165) is 47.4 Å². The number of fused-ring (bicyclic) bond motifs is 1. The van der Waals surface area contributed by atoms with E-state index in [4.69, 9.17) is 12.2 Å². The van der Waals surface area contributed by atoms with E-state index < -0.39 is 6.04 Å². The molecule has 2 N–H and O–H groups in total. The normalized spacial score (nSPS) is 18.1. The SMILES string of the molecule is O=C(C(c1ccccc1)n1ccc2c(c1=S)CNN2)N1CCCCCCC1. The van der Waals surface area contributed by atoms with E-state index in [2.05, 4.69) is 10.9 Å². The highest BCUT2D eigenvalue weighted by Gasteiger charge is 2.29. The van der Waals surface area contributed by atoms with Crippen LogP contribution in [0.1, 0.15) is 49.3 Å². The molecule has 1 aromatic heterocycles. The summed E-state index contributed by atoms with van der Waals surface area (Å²) in [5.41, 5.74) is 9.28. The molecule has 0 spiro atoms. The summed E-state index contributed by atoms with van der Waals surface area (Å²) >= 11 is 5.78. The number of nitrogens with zero attached hydrogens (tertiary/aromatic N) is 2. The number of benzene rings is 1. The van der Waals surface area contributed by atoms with Crippen LogP contribution in [0.2, 0.25) is 0 Å². The molecule has 4 rings (SSSR count). The Hall–Kier alpha value is -2.18. The summed E-state index contributed by atoms with van der Waals surface area (Å²) in [7, 11) is 0. The van der Waals surface area contributed by atoms with Crippen LogP contribution >= 0.6 is 12.2 Å². The number of aromatic nitrogens is 1. The molecule has 0 aliphatic carbocycles. The Morgan fingerprint density at radius 3 is 2.44 bits per heavy atom. The van der Waals surface area contributed by atoms with Crippen LogP contribution in [0.3, 0.4) is 0 Å². The molecule has 1 atom stereocenters. The molecule has 1 fully saturated rings. The number of hydrogen-bond acceptors (Lipinski definition) is 4. The van der Waals surface area contributed by atoms with E-state index in [9.17, 15) is 4.79 Å². The highest BCUT2D eigenvalue weighted by atomic mass is 32.1. The van der Waals surface area contributed by atoms with Gasteiger partial charge in [-0.1, -0.05) is 61.8 Å². The molecular formula is C21H26N4OS. The minimum Gasteiger partial charge on any atom is -0.341 e. The smallest absolute Gasteiger partial charge is 0.250 e. The molecule has 142 valence electrons. The van der Waals surface area contributed by atoms with Crippen LogP contribution in [0.4, 0.5) is 5.69 Å². The van der Waals surface area contributed by atoms with Gasteiger partial charge < -0.3 is 14.9 Å². The Morgan fingerprint density at radius 2 is 1.70 bits per heavy atom. The third kappa shape index (κ3) is 3.77. The van der Waals surface area contributed by atoms with Crippen LogP contribution in [0.15, 0.2) is 42.6 Å². The second kappa shape index (κ2) is 8.23. The van der Waals surface area contributed by atoms with Crippen molar-refractivity contribution in [3.8, 4) is 0 Å². The van der Waals surface area contributed by atoms with Gasteiger partial charge in [-0.2, -0.15) is 0 Å². The van der Waals surface area contributed by atoms with Crippen LogP contribution in [-0.2, 0) is 11.3 Å². The third-order valence-electron chi connectivity index (χ3n) is 5.50. The van der Waals surface area contributed by atoms with Crippen molar-refractivity contribution in [1.29, 1.82) is 0 Å². The summed E-state index contributed by atoms with van der Waals surface area (Å²) in [6.07, 6.45) is 7.79. The molecular weight excluding hydrogens is 356 g/mol. The highest BCUT2D eigenvalue weighted by molar-refractivity contribution is 7.71. The molecule has 6 heteroatoms. The third-order valence-corrected chi connectivity index (χ3v) is 5.96. The van der Waals surface area contributed by atoms with Gasteiger partial charge in [0.15, 0.2) is 0 Å². The number of amides is 1. The average molecular weight is 383 g/mol. The zero-order valence-electron chi connectivity index (χ0n) is 15.5. The number of likely N-dealkylation sites (tertiary alicyclic amines) is 1. The minimum atomic E-state index is -0.413. The number of anilines is 1. The molecule has 2 aromatic rings. The zero-order valence-corrected chi connectivity index (χ0v) is 16.3. The Morgan fingerprint density at radius 1 is 1.00 bits per heavy atom. The maximum atomic E-state index is 13.6. The fourth-order valence-electron chi connectivity index (χ4n) is 4.01. The molecule has 2 aliphatic rings.